The Kier molecular flexibility index (Phi) is 3.26. The first-order valence-corrected chi connectivity index (χ1v) is 8.40. The Morgan fingerprint density at radius 1 is 1.33 bits per heavy atom. The van der Waals surface area contributed by atoms with Crippen molar-refractivity contribution in [1.82, 2.24) is 14.3 Å². The molecule has 2 aromatic heterocycles. The number of imidazole rings is 1. The van der Waals surface area contributed by atoms with Gasteiger partial charge in [-0.05, 0) is 29.6 Å². The lowest BCUT2D eigenvalue weighted by atomic mass is 10.2. The average Bonchev–Trinajstić information content (AvgIpc) is 3.08. The molecule has 0 spiro atoms. The van der Waals surface area contributed by atoms with Crippen LogP contribution in [0.4, 0.5) is 0 Å². The standard InChI is InChI=1S/C13H11N3O3S2/c1-16-8-14-11-6-9(2-3-12(11)16)13(17)15-21(18,19)10-4-5-20-7-10/h2-8H,1H3,(H,15,17). The molecule has 0 saturated carbocycles. The molecule has 21 heavy (non-hydrogen) atoms. The third kappa shape index (κ3) is 2.55. The monoisotopic (exact) mass is 321 g/mol. The fourth-order valence-corrected chi connectivity index (χ4v) is 3.93. The van der Waals surface area contributed by atoms with Crippen LogP contribution in [0.1, 0.15) is 10.4 Å². The summed E-state index contributed by atoms with van der Waals surface area (Å²) >= 11 is 1.25. The lowest BCUT2D eigenvalue weighted by molar-refractivity contribution is 0.0981. The van der Waals surface area contributed by atoms with E-state index in [2.05, 4.69) is 9.71 Å². The Morgan fingerprint density at radius 2 is 2.14 bits per heavy atom. The fraction of sp³-hybridized carbons (Fsp3) is 0.0769. The maximum Gasteiger partial charge on any atom is 0.265 e. The third-order valence-electron chi connectivity index (χ3n) is 3.02. The minimum absolute atomic E-state index is 0.0831. The number of amides is 1. The van der Waals surface area contributed by atoms with Gasteiger partial charge in [0.05, 0.1) is 22.3 Å². The van der Waals surface area contributed by atoms with Gasteiger partial charge in [0.15, 0.2) is 0 Å². The molecule has 1 N–H and O–H groups in total. The zero-order valence-corrected chi connectivity index (χ0v) is 12.6. The van der Waals surface area contributed by atoms with E-state index in [1.165, 1.54) is 22.8 Å². The first-order valence-electron chi connectivity index (χ1n) is 5.98. The van der Waals surface area contributed by atoms with E-state index in [1.54, 1.807) is 29.9 Å². The molecule has 8 heteroatoms. The number of benzene rings is 1. The molecule has 2 heterocycles. The van der Waals surface area contributed by atoms with Gasteiger partial charge < -0.3 is 4.57 Å². The van der Waals surface area contributed by atoms with Gasteiger partial charge in [-0.15, -0.1) is 0 Å². The molecular formula is C13H11N3O3S2. The smallest absolute Gasteiger partial charge is 0.265 e. The predicted octanol–water partition coefficient (Wildman–Crippen LogP) is 1.75. The van der Waals surface area contributed by atoms with Gasteiger partial charge in [-0.2, -0.15) is 11.3 Å². The van der Waals surface area contributed by atoms with Gasteiger partial charge in [0, 0.05) is 18.0 Å². The van der Waals surface area contributed by atoms with Crippen molar-refractivity contribution in [3.63, 3.8) is 0 Å². The van der Waals surface area contributed by atoms with Crippen LogP contribution >= 0.6 is 11.3 Å². The molecule has 6 nitrogen and oxygen atoms in total. The number of nitrogens with one attached hydrogen (secondary N) is 1. The summed E-state index contributed by atoms with van der Waals surface area (Å²) in [6.45, 7) is 0. The summed E-state index contributed by atoms with van der Waals surface area (Å²) in [6, 6.07) is 6.31. The number of sulfonamides is 1. The average molecular weight is 321 g/mol. The molecule has 1 amide bonds. The van der Waals surface area contributed by atoms with E-state index in [0.717, 1.165) is 5.52 Å². The molecular weight excluding hydrogens is 310 g/mol. The molecule has 0 aliphatic rings. The summed E-state index contributed by atoms with van der Waals surface area (Å²) in [7, 11) is -1.98. The van der Waals surface area contributed by atoms with Crippen LogP contribution in [0.15, 0.2) is 46.2 Å². The zero-order chi connectivity index (χ0) is 15.0. The second-order valence-corrected chi connectivity index (χ2v) is 6.92. The molecule has 0 saturated heterocycles. The van der Waals surface area contributed by atoms with Crippen LogP contribution in [0, 0.1) is 0 Å². The number of aryl methyl sites for hydroxylation is 1. The van der Waals surface area contributed by atoms with Gasteiger partial charge in [-0.3, -0.25) is 4.79 Å². The Labute approximate surface area is 125 Å². The molecule has 3 aromatic rings. The largest absolute Gasteiger partial charge is 0.334 e. The summed E-state index contributed by atoms with van der Waals surface area (Å²) in [5.41, 5.74) is 1.75. The van der Waals surface area contributed by atoms with E-state index in [-0.39, 0.29) is 10.5 Å². The van der Waals surface area contributed by atoms with Crippen LogP contribution in [0.25, 0.3) is 11.0 Å². The summed E-state index contributed by atoms with van der Waals surface area (Å²) < 4.78 is 27.9. The fourth-order valence-electron chi connectivity index (χ4n) is 1.92. The van der Waals surface area contributed by atoms with Gasteiger partial charge in [-0.1, -0.05) is 0 Å². The topological polar surface area (TPSA) is 81.1 Å². The molecule has 0 fully saturated rings. The summed E-state index contributed by atoms with van der Waals surface area (Å²) in [5.74, 6) is -0.672. The van der Waals surface area contributed by atoms with Crippen LogP contribution < -0.4 is 4.72 Å². The first-order chi connectivity index (χ1) is 9.97. The molecule has 0 bridgehead atoms. The highest BCUT2D eigenvalue weighted by Crippen LogP contribution is 2.16. The van der Waals surface area contributed by atoms with Gasteiger partial charge in [-0.25, -0.2) is 18.1 Å². The van der Waals surface area contributed by atoms with Crippen LogP contribution in [-0.4, -0.2) is 23.9 Å². The van der Waals surface area contributed by atoms with Crippen LogP contribution in [-0.2, 0) is 17.1 Å². The Bertz CT molecular complexity index is 911. The van der Waals surface area contributed by atoms with E-state index in [9.17, 15) is 13.2 Å². The number of carbonyl (C=O) groups is 1. The molecule has 0 unspecified atom stereocenters. The van der Waals surface area contributed by atoms with E-state index < -0.39 is 15.9 Å². The van der Waals surface area contributed by atoms with E-state index in [1.807, 2.05) is 11.6 Å². The van der Waals surface area contributed by atoms with Crippen molar-refractivity contribution in [2.75, 3.05) is 0 Å². The van der Waals surface area contributed by atoms with Crippen molar-refractivity contribution >= 4 is 38.3 Å². The van der Waals surface area contributed by atoms with Gasteiger partial charge in [0.1, 0.15) is 0 Å². The minimum Gasteiger partial charge on any atom is -0.334 e. The summed E-state index contributed by atoms with van der Waals surface area (Å²) in [5, 5.41) is 3.11. The van der Waals surface area contributed by atoms with E-state index in [0.29, 0.717) is 5.52 Å². The van der Waals surface area contributed by atoms with Crippen molar-refractivity contribution in [2.24, 2.45) is 7.05 Å². The van der Waals surface area contributed by atoms with Crippen molar-refractivity contribution in [3.8, 4) is 0 Å². The lowest BCUT2D eigenvalue weighted by Crippen LogP contribution is -2.30. The van der Waals surface area contributed by atoms with Crippen LogP contribution in [0.2, 0.25) is 0 Å². The second-order valence-electron chi connectivity index (χ2n) is 4.45. The van der Waals surface area contributed by atoms with Gasteiger partial charge >= 0.3 is 0 Å². The van der Waals surface area contributed by atoms with Gasteiger partial charge in [0.25, 0.3) is 15.9 Å². The second kappa shape index (κ2) is 4.97. The van der Waals surface area contributed by atoms with Crippen molar-refractivity contribution in [2.45, 2.75) is 4.90 Å². The van der Waals surface area contributed by atoms with Crippen molar-refractivity contribution in [3.05, 3.63) is 46.9 Å². The molecule has 0 aliphatic carbocycles. The molecule has 1 aromatic carbocycles. The number of rotatable bonds is 3. The Morgan fingerprint density at radius 3 is 2.86 bits per heavy atom. The number of aromatic nitrogens is 2. The third-order valence-corrected chi connectivity index (χ3v) is 5.18. The normalized spacial score (nSPS) is 11.7. The summed E-state index contributed by atoms with van der Waals surface area (Å²) in [4.78, 5) is 16.3. The molecule has 108 valence electrons. The van der Waals surface area contributed by atoms with Crippen LogP contribution in [0.5, 0.6) is 0 Å². The van der Waals surface area contributed by atoms with Crippen molar-refractivity contribution in [1.29, 1.82) is 0 Å². The Balaban J connectivity index is 1.90. The van der Waals surface area contributed by atoms with E-state index >= 15 is 0 Å². The van der Waals surface area contributed by atoms with E-state index in [4.69, 9.17) is 0 Å². The zero-order valence-electron chi connectivity index (χ0n) is 11.0. The number of hydrogen-bond donors (Lipinski definition) is 1. The highest BCUT2D eigenvalue weighted by atomic mass is 32.2. The minimum atomic E-state index is -3.83. The molecule has 0 atom stereocenters. The number of nitrogens with zero attached hydrogens (tertiary/aromatic N) is 2. The van der Waals surface area contributed by atoms with Crippen molar-refractivity contribution < 1.29 is 13.2 Å². The molecule has 0 radical (unpaired) electrons. The molecule has 3 rings (SSSR count). The lowest BCUT2D eigenvalue weighted by Gasteiger charge is -2.05. The highest BCUT2D eigenvalue weighted by molar-refractivity contribution is 7.90. The number of thiophene rings is 1. The number of fused-ring (bicyclic) bond motifs is 1. The first kappa shape index (κ1) is 13.8. The maximum absolute atomic E-state index is 12.1. The number of hydrogen-bond acceptors (Lipinski definition) is 5. The highest BCUT2D eigenvalue weighted by Gasteiger charge is 2.19. The molecule has 0 aliphatic heterocycles. The van der Waals surface area contributed by atoms with Gasteiger partial charge in [0.2, 0.25) is 0 Å². The van der Waals surface area contributed by atoms with Crippen LogP contribution in [0.3, 0.4) is 0 Å². The number of carbonyl (C=O) groups excluding carboxylic acids is 1. The Hall–Kier alpha value is -2.19. The predicted molar refractivity (Wildman–Crippen MR) is 79.7 cm³/mol. The SMILES string of the molecule is Cn1cnc2cc(C(=O)NS(=O)(=O)c3ccsc3)ccc21. The maximum atomic E-state index is 12.1. The summed E-state index contributed by atoms with van der Waals surface area (Å²) in [6.07, 6.45) is 1.63. The quantitative estimate of drug-likeness (QED) is 0.797.